The number of cyclic esters (lactones) is 1. The number of carbonyl (C=O) groups is 2. The highest BCUT2D eigenvalue weighted by atomic mass is 16.7. The van der Waals surface area contributed by atoms with Crippen molar-refractivity contribution in [3.63, 3.8) is 0 Å². The number of nitrogens with one attached hydrogen (secondary N) is 1. The Morgan fingerprint density at radius 2 is 1.44 bits per heavy atom. The molecule has 0 bridgehead atoms. The van der Waals surface area contributed by atoms with Crippen LogP contribution in [0.5, 0.6) is 46.0 Å². The molecule has 3 aromatic carbocycles. The molecule has 0 saturated carbocycles. The molecule has 6 rings (SSSR count). The van der Waals surface area contributed by atoms with Gasteiger partial charge in [0.15, 0.2) is 34.5 Å². The smallest absolute Gasteiger partial charge is 0.310 e. The number of ether oxygens (including phenoxy) is 8. The summed E-state index contributed by atoms with van der Waals surface area (Å²) in [5, 5.41) is 13.7. The third-order valence-corrected chi connectivity index (χ3v) is 8.28. The molecule has 1 aliphatic carbocycles. The molecule has 2 aliphatic heterocycles. The molecule has 12 heteroatoms. The van der Waals surface area contributed by atoms with Crippen molar-refractivity contribution < 1.29 is 52.6 Å². The number of aromatic hydroxyl groups is 1. The van der Waals surface area contributed by atoms with Gasteiger partial charge in [-0.15, -0.1) is 0 Å². The number of benzene rings is 3. The highest BCUT2D eigenvalue weighted by Crippen LogP contribution is 2.55. The SMILES string of the molecule is COc1cc([C@@H]2c3cc4c(cc3[C@@H](NC(=O)c3ccc(OC)c(OC)c3OC)[C@H]3COC(=O)[C@H]23)OCO4)cc(OC)c1O. The summed E-state index contributed by atoms with van der Waals surface area (Å²) in [6, 6.07) is 9.56. The molecule has 2 heterocycles. The molecule has 226 valence electrons. The molecule has 0 unspecified atom stereocenters. The lowest BCUT2D eigenvalue weighted by Gasteiger charge is -2.39. The Morgan fingerprint density at radius 3 is 2.05 bits per heavy atom. The summed E-state index contributed by atoms with van der Waals surface area (Å²) < 4.78 is 44.3. The van der Waals surface area contributed by atoms with Crippen molar-refractivity contribution in [3.8, 4) is 46.0 Å². The van der Waals surface area contributed by atoms with E-state index in [0.29, 0.717) is 22.8 Å². The van der Waals surface area contributed by atoms with Crippen LogP contribution < -0.4 is 38.5 Å². The van der Waals surface area contributed by atoms with Crippen molar-refractivity contribution in [3.05, 3.63) is 58.7 Å². The molecule has 1 fully saturated rings. The van der Waals surface area contributed by atoms with Crippen molar-refractivity contribution in [2.75, 3.05) is 48.9 Å². The van der Waals surface area contributed by atoms with E-state index in [4.69, 9.17) is 37.9 Å². The van der Waals surface area contributed by atoms with Gasteiger partial charge in [0.2, 0.25) is 18.3 Å². The second kappa shape index (κ2) is 11.0. The number of amides is 1. The summed E-state index contributed by atoms with van der Waals surface area (Å²) in [7, 11) is 7.27. The van der Waals surface area contributed by atoms with Crippen LogP contribution in [0.1, 0.15) is 39.0 Å². The molecule has 4 atom stereocenters. The maximum absolute atomic E-state index is 13.9. The second-order valence-corrected chi connectivity index (χ2v) is 10.2. The molecule has 1 saturated heterocycles. The Kier molecular flexibility index (Phi) is 7.20. The van der Waals surface area contributed by atoms with E-state index in [9.17, 15) is 14.7 Å². The Hall–Kier alpha value is -5.00. The Balaban J connectivity index is 1.50. The van der Waals surface area contributed by atoms with E-state index in [1.807, 2.05) is 12.1 Å². The van der Waals surface area contributed by atoms with Crippen LogP contribution in [0.3, 0.4) is 0 Å². The van der Waals surface area contributed by atoms with Crippen LogP contribution in [0.25, 0.3) is 0 Å². The topological polar surface area (TPSA) is 140 Å². The van der Waals surface area contributed by atoms with Gasteiger partial charge in [-0.1, -0.05) is 0 Å². The van der Waals surface area contributed by atoms with Gasteiger partial charge in [-0.25, -0.2) is 0 Å². The van der Waals surface area contributed by atoms with Crippen LogP contribution in [0, 0.1) is 11.8 Å². The minimum Gasteiger partial charge on any atom is -0.502 e. The van der Waals surface area contributed by atoms with E-state index in [1.165, 1.54) is 35.5 Å². The number of methoxy groups -OCH3 is 5. The number of phenols is 1. The van der Waals surface area contributed by atoms with Crippen LogP contribution in [-0.4, -0.2) is 65.9 Å². The van der Waals surface area contributed by atoms with Crippen LogP contribution in [0.4, 0.5) is 0 Å². The average molecular weight is 594 g/mol. The third-order valence-electron chi connectivity index (χ3n) is 8.28. The normalized spacial score (nSPS) is 21.3. The monoisotopic (exact) mass is 593 g/mol. The summed E-state index contributed by atoms with van der Waals surface area (Å²) in [6.45, 7) is 0.118. The number of hydrogen-bond acceptors (Lipinski definition) is 11. The van der Waals surface area contributed by atoms with Gasteiger partial charge in [-0.05, 0) is 53.1 Å². The lowest BCUT2D eigenvalue weighted by molar-refractivity contribution is -0.141. The van der Waals surface area contributed by atoms with Gasteiger partial charge in [0.1, 0.15) is 0 Å². The predicted molar refractivity (Wildman–Crippen MR) is 150 cm³/mol. The number of esters is 1. The second-order valence-electron chi connectivity index (χ2n) is 10.2. The van der Waals surface area contributed by atoms with E-state index < -0.39 is 35.7 Å². The van der Waals surface area contributed by atoms with E-state index >= 15 is 0 Å². The fraction of sp³-hybridized carbons (Fsp3) is 0.355. The summed E-state index contributed by atoms with van der Waals surface area (Å²) in [5.41, 5.74) is 2.34. The van der Waals surface area contributed by atoms with Crippen LogP contribution >= 0.6 is 0 Å². The van der Waals surface area contributed by atoms with Gasteiger partial charge in [0, 0.05) is 11.8 Å². The number of phenolic OH excluding ortho intramolecular Hbond substituents is 1. The number of rotatable bonds is 8. The van der Waals surface area contributed by atoms with Gasteiger partial charge >= 0.3 is 5.97 Å². The summed E-state index contributed by atoms with van der Waals surface area (Å²) in [5.74, 6) is -0.404. The summed E-state index contributed by atoms with van der Waals surface area (Å²) in [6.07, 6.45) is 0. The molecule has 0 spiro atoms. The molecule has 12 nitrogen and oxygen atoms in total. The maximum atomic E-state index is 13.9. The Morgan fingerprint density at radius 1 is 0.814 bits per heavy atom. The molecular weight excluding hydrogens is 562 g/mol. The average Bonchev–Trinajstić information content (AvgIpc) is 3.65. The first-order valence-electron chi connectivity index (χ1n) is 13.5. The fourth-order valence-electron chi connectivity index (χ4n) is 6.34. The van der Waals surface area contributed by atoms with E-state index in [-0.39, 0.29) is 47.7 Å². The Labute approximate surface area is 247 Å². The molecule has 3 aliphatic rings. The maximum Gasteiger partial charge on any atom is 0.310 e. The fourth-order valence-corrected chi connectivity index (χ4v) is 6.34. The van der Waals surface area contributed by atoms with Crippen LogP contribution in [0.15, 0.2) is 36.4 Å². The van der Waals surface area contributed by atoms with Crippen LogP contribution in [-0.2, 0) is 9.53 Å². The molecule has 0 radical (unpaired) electrons. The van der Waals surface area contributed by atoms with Crippen molar-refractivity contribution in [2.45, 2.75) is 12.0 Å². The number of carbonyl (C=O) groups excluding carboxylic acids is 2. The first kappa shape index (κ1) is 28.1. The highest BCUT2D eigenvalue weighted by Gasteiger charge is 2.53. The number of fused-ring (bicyclic) bond motifs is 3. The van der Waals surface area contributed by atoms with Gasteiger partial charge in [-0.2, -0.15) is 0 Å². The lowest BCUT2D eigenvalue weighted by Crippen LogP contribution is -2.43. The lowest BCUT2D eigenvalue weighted by atomic mass is 9.65. The zero-order valence-corrected chi connectivity index (χ0v) is 24.2. The molecule has 2 N–H and O–H groups in total. The summed E-state index contributed by atoms with van der Waals surface area (Å²) in [4.78, 5) is 27.3. The first-order chi connectivity index (χ1) is 20.8. The van der Waals surface area contributed by atoms with Gasteiger partial charge < -0.3 is 48.3 Å². The molecule has 43 heavy (non-hydrogen) atoms. The van der Waals surface area contributed by atoms with Gasteiger partial charge in [0.25, 0.3) is 5.91 Å². The van der Waals surface area contributed by atoms with E-state index in [0.717, 1.165) is 11.1 Å². The largest absolute Gasteiger partial charge is 0.502 e. The van der Waals surface area contributed by atoms with Crippen molar-refractivity contribution in [2.24, 2.45) is 11.8 Å². The van der Waals surface area contributed by atoms with Crippen LogP contribution in [0.2, 0.25) is 0 Å². The highest BCUT2D eigenvalue weighted by molar-refractivity contribution is 5.98. The van der Waals surface area contributed by atoms with Crippen molar-refractivity contribution >= 4 is 11.9 Å². The van der Waals surface area contributed by atoms with Gasteiger partial charge in [0.05, 0.1) is 59.7 Å². The Bertz CT molecular complexity index is 1580. The quantitative estimate of drug-likeness (QED) is 0.371. The minimum atomic E-state index is -0.690. The minimum absolute atomic E-state index is 0.0402. The zero-order valence-electron chi connectivity index (χ0n) is 24.2. The standard InChI is InChI=1S/C31H31NO11/c1-36-19-7-6-15(28(39-4)29(19)40-5)30(34)32-26-17-11-21-20(42-13-43-21)10-16(17)24(25-18(26)12-41-31(25)35)14-8-22(37-2)27(33)23(9-14)38-3/h6-11,18,24-26,33H,12-13H2,1-5H3,(H,32,34)/t18-,24+,25-,26+/m0/s1. The van der Waals surface area contributed by atoms with Crippen molar-refractivity contribution in [1.82, 2.24) is 5.32 Å². The molecule has 1 amide bonds. The predicted octanol–water partition coefficient (Wildman–Crippen LogP) is 3.57. The molecular formula is C31H31NO11. The van der Waals surface area contributed by atoms with Crippen molar-refractivity contribution in [1.29, 1.82) is 0 Å². The summed E-state index contributed by atoms with van der Waals surface area (Å²) >= 11 is 0. The first-order valence-corrected chi connectivity index (χ1v) is 13.5. The van der Waals surface area contributed by atoms with E-state index in [2.05, 4.69) is 5.32 Å². The molecule has 0 aromatic heterocycles. The third kappa shape index (κ3) is 4.44. The molecule has 3 aromatic rings. The zero-order chi connectivity index (χ0) is 30.4. The van der Waals surface area contributed by atoms with E-state index in [1.54, 1.807) is 24.3 Å². The number of hydrogen-bond donors (Lipinski definition) is 2. The van der Waals surface area contributed by atoms with Gasteiger partial charge in [-0.3, -0.25) is 9.59 Å².